The minimum atomic E-state index is -1.46. The number of nitrogens with one attached hydrogen (secondary N) is 4. The summed E-state index contributed by atoms with van der Waals surface area (Å²) < 4.78 is 0. The number of aliphatic carboxylic acids is 3. The first-order chi connectivity index (χ1) is 14.7. The van der Waals surface area contributed by atoms with Crippen LogP contribution in [0, 0.1) is 0 Å². The lowest BCUT2D eigenvalue weighted by Crippen LogP contribution is -2.51. The van der Waals surface area contributed by atoms with Gasteiger partial charge in [0.2, 0.25) is 12.3 Å². The highest BCUT2D eigenvalue weighted by atomic mass is 16.4. The topological polar surface area (TPSA) is 211 Å². The zero-order valence-electron chi connectivity index (χ0n) is 17.1. The van der Waals surface area contributed by atoms with Crippen LogP contribution in [-0.4, -0.2) is 76.7 Å². The van der Waals surface area contributed by atoms with Crippen molar-refractivity contribution in [1.29, 1.82) is 0 Å². The number of hydrogen-bond donors (Lipinski definition) is 7. The Hall–Kier alpha value is -3.38. The van der Waals surface area contributed by atoms with Crippen molar-refractivity contribution >= 4 is 36.3 Å². The van der Waals surface area contributed by atoms with Gasteiger partial charge in [-0.15, -0.1) is 0 Å². The van der Waals surface area contributed by atoms with Crippen LogP contribution in [0.4, 0.5) is 4.79 Å². The Morgan fingerprint density at radius 1 is 0.742 bits per heavy atom. The van der Waals surface area contributed by atoms with Gasteiger partial charge in [-0.2, -0.15) is 0 Å². The van der Waals surface area contributed by atoms with E-state index in [-0.39, 0.29) is 18.7 Å². The molecule has 0 rings (SSSR count). The number of carbonyl (C=O) groups is 6. The Labute approximate surface area is 178 Å². The lowest BCUT2D eigenvalue weighted by atomic mass is 10.1. The summed E-state index contributed by atoms with van der Waals surface area (Å²) in [7, 11) is 0. The summed E-state index contributed by atoms with van der Waals surface area (Å²) in [6.45, 7) is 0.834. The van der Waals surface area contributed by atoms with Crippen LogP contribution in [0.2, 0.25) is 0 Å². The van der Waals surface area contributed by atoms with Crippen molar-refractivity contribution < 1.29 is 44.1 Å². The van der Waals surface area contributed by atoms with Crippen LogP contribution >= 0.6 is 0 Å². The molecule has 0 saturated heterocycles. The summed E-state index contributed by atoms with van der Waals surface area (Å²) >= 11 is 0. The van der Waals surface area contributed by atoms with E-state index in [2.05, 4.69) is 16.0 Å². The molecule has 0 bridgehead atoms. The molecule has 31 heavy (non-hydrogen) atoms. The van der Waals surface area contributed by atoms with Crippen LogP contribution in [0.5, 0.6) is 0 Å². The van der Waals surface area contributed by atoms with Crippen molar-refractivity contribution in [2.75, 3.05) is 13.1 Å². The van der Waals surface area contributed by atoms with Crippen molar-refractivity contribution in [1.82, 2.24) is 21.3 Å². The van der Waals surface area contributed by atoms with E-state index in [1.54, 1.807) is 0 Å². The fraction of sp³-hybridized carbons (Fsp3) is 0.667. The second kappa shape index (κ2) is 16.4. The van der Waals surface area contributed by atoms with Gasteiger partial charge in [0.1, 0.15) is 12.1 Å². The number of carboxylic acid groups (broad SMARTS) is 3. The third-order valence-electron chi connectivity index (χ3n) is 4.15. The second-order valence-electron chi connectivity index (χ2n) is 6.71. The highest BCUT2D eigenvalue weighted by molar-refractivity contribution is 5.86. The molecule has 4 amide bonds. The van der Waals surface area contributed by atoms with Crippen LogP contribution < -0.4 is 21.3 Å². The van der Waals surface area contributed by atoms with Gasteiger partial charge >= 0.3 is 23.9 Å². The smallest absolute Gasteiger partial charge is 0.326 e. The number of amides is 4. The lowest BCUT2D eigenvalue weighted by Gasteiger charge is -2.18. The van der Waals surface area contributed by atoms with Crippen molar-refractivity contribution in [3.63, 3.8) is 0 Å². The lowest BCUT2D eigenvalue weighted by molar-refractivity contribution is -0.141. The SMILES string of the molecule is O=CNCCCCC(=O)NCCCCC(NC(=O)NC(CCC(=O)O)C(=O)O)C(=O)O. The Morgan fingerprint density at radius 2 is 1.32 bits per heavy atom. The fourth-order valence-electron chi connectivity index (χ4n) is 2.50. The molecule has 0 aliphatic rings. The zero-order valence-corrected chi connectivity index (χ0v) is 17.1. The van der Waals surface area contributed by atoms with Gasteiger partial charge in [-0.3, -0.25) is 14.4 Å². The monoisotopic (exact) mass is 446 g/mol. The predicted octanol–water partition coefficient (Wildman–Crippen LogP) is -0.740. The molecule has 0 saturated carbocycles. The van der Waals surface area contributed by atoms with E-state index in [1.165, 1.54) is 0 Å². The molecule has 13 heteroatoms. The molecule has 0 fully saturated rings. The molecule has 0 aliphatic heterocycles. The summed E-state index contributed by atoms with van der Waals surface area (Å²) in [5, 5.41) is 36.2. The molecule has 0 radical (unpaired) electrons. The van der Waals surface area contributed by atoms with E-state index in [4.69, 9.17) is 10.2 Å². The van der Waals surface area contributed by atoms with Gasteiger partial charge in [0.15, 0.2) is 0 Å². The molecular formula is C18H30N4O9. The minimum Gasteiger partial charge on any atom is -0.481 e. The standard InChI is InChI=1S/C18H30N4O9/c23-11-19-9-3-2-6-14(24)20-10-4-1-5-12(16(27)28)21-18(31)22-13(17(29)30)7-8-15(25)26/h11-13H,1-10H2,(H,19,23)(H,20,24)(H,25,26)(H,27,28)(H,29,30)(H2,21,22,31). The Kier molecular flexibility index (Phi) is 14.6. The normalized spacial score (nSPS) is 12.1. The van der Waals surface area contributed by atoms with Gasteiger partial charge in [-0.25, -0.2) is 14.4 Å². The molecule has 13 nitrogen and oxygen atoms in total. The first kappa shape index (κ1) is 27.6. The number of hydrogen-bond acceptors (Lipinski definition) is 6. The number of unbranched alkanes of at least 4 members (excludes halogenated alkanes) is 2. The average Bonchev–Trinajstić information content (AvgIpc) is 2.69. The molecule has 0 aromatic rings. The third-order valence-corrected chi connectivity index (χ3v) is 4.15. The molecule has 7 N–H and O–H groups in total. The highest BCUT2D eigenvalue weighted by Gasteiger charge is 2.24. The van der Waals surface area contributed by atoms with Crippen LogP contribution in [0.3, 0.4) is 0 Å². The van der Waals surface area contributed by atoms with Crippen molar-refractivity contribution in [2.24, 2.45) is 0 Å². The van der Waals surface area contributed by atoms with Crippen molar-refractivity contribution in [2.45, 2.75) is 63.5 Å². The minimum absolute atomic E-state index is 0.0584. The largest absolute Gasteiger partial charge is 0.481 e. The Balaban J connectivity index is 4.20. The molecule has 176 valence electrons. The first-order valence-corrected chi connectivity index (χ1v) is 9.85. The van der Waals surface area contributed by atoms with Crippen LogP contribution in [0.15, 0.2) is 0 Å². The summed E-state index contributed by atoms with van der Waals surface area (Å²) in [4.78, 5) is 66.5. The van der Waals surface area contributed by atoms with Gasteiger partial charge in [0.05, 0.1) is 0 Å². The van der Waals surface area contributed by atoms with E-state index >= 15 is 0 Å². The third kappa shape index (κ3) is 15.2. The Bertz CT molecular complexity index is 627. The number of urea groups is 1. The fourth-order valence-corrected chi connectivity index (χ4v) is 2.50. The van der Waals surface area contributed by atoms with Gasteiger partial charge in [0, 0.05) is 25.9 Å². The molecule has 0 aliphatic carbocycles. The van der Waals surface area contributed by atoms with Gasteiger partial charge < -0.3 is 36.6 Å². The van der Waals surface area contributed by atoms with E-state index in [0.717, 1.165) is 0 Å². The quantitative estimate of drug-likeness (QED) is 0.104. The van der Waals surface area contributed by atoms with Crippen LogP contribution in [0.25, 0.3) is 0 Å². The number of rotatable bonds is 18. The van der Waals surface area contributed by atoms with Crippen LogP contribution in [0.1, 0.15) is 51.4 Å². The summed E-state index contributed by atoms with van der Waals surface area (Å²) in [5.41, 5.74) is 0. The molecular weight excluding hydrogens is 416 g/mol. The van der Waals surface area contributed by atoms with Crippen molar-refractivity contribution in [3.05, 3.63) is 0 Å². The van der Waals surface area contributed by atoms with E-state index in [0.29, 0.717) is 51.6 Å². The Morgan fingerprint density at radius 3 is 1.87 bits per heavy atom. The maximum atomic E-state index is 11.9. The summed E-state index contributed by atoms with van der Waals surface area (Å²) in [6.07, 6.45) is 2.30. The van der Waals surface area contributed by atoms with Crippen molar-refractivity contribution in [3.8, 4) is 0 Å². The second-order valence-corrected chi connectivity index (χ2v) is 6.71. The summed E-state index contributed by atoms with van der Waals surface area (Å²) in [5.74, 6) is -4.11. The summed E-state index contributed by atoms with van der Waals surface area (Å²) in [6, 6.07) is -3.76. The molecule has 2 unspecified atom stereocenters. The molecule has 0 spiro atoms. The zero-order chi connectivity index (χ0) is 23.6. The van der Waals surface area contributed by atoms with E-state index in [1.807, 2.05) is 5.32 Å². The number of carboxylic acids is 3. The molecule has 0 aromatic carbocycles. The molecule has 0 aromatic heterocycles. The van der Waals surface area contributed by atoms with E-state index < -0.39 is 42.4 Å². The predicted molar refractivity (Wildman–Crippen MR) is 106 cm³/mol. The van der Waals surface area contributed by atoms with Gasteiger partial charge in [-0.1, -0.05) is 0 Å². The maximum Gasteiger partial charge on any atom is 0.326 e. The first-order valence-electron chi connectivity index (χ1n) is 9.85. The maximum absolute atomic E-state index is 11.9. The average molecular weight is 446 g/mol. The van der Waals surface area contributed by atoms with Gasteiger partial charge in [-0.05, 0) is 38.5 Å². The molecule has 0 heterocycles. The molecule has 2 atom stereocenters. The highest BCUT2D eigenvalue weighted by Crippen LogP contribution is 2.03. The van der Waals surface area contributed by atoms with Gasteiger partial charge in [0.25, 0.3) is 0 Å². The van der Waals surface area contributed by atoms with E-state index in [9.17, 15) is 33.9 Å². The number of carbonyl (C=O) groups excluding carboxylic acids is 3. The van der Waals surface area contributed by atoms with Crippen LogP contribution in [-0.2, 0) is 24.0 Å².